The van der Waals surface area contributed by atoms with Gasteiger partial charge < -0.3 is 10.1 Å². The van der Waals surface area contributed by atoms with Gasteiger partial charge in [-0.1, -0.05) is 36.4 Å². The first-order chi connectivity index (χ1) is 16.8. The Labute approximate surface area is 201 Å². The number of anilines is 1. The van der Waals surface area contributed by atoms with E-state index in [9.17, 15) is 0 Å². The maximum absolute atomic E-state index is 5.50. The van der Waals surface area contributed by atoms with Crippen LogP contribution in [0, 0.1) is 0 Å². The minimum absolute atomic E-state index is 0.102. The van der Waals surface area contributed by atoms with E-state index in [1.165, 1.54) is 0 Å². The zero-order valence-corrected chi connectivity index (χ0v) is 19.7. The van der Waals surface area contributed by atoms with Crippen LogP contribution in [0.5, 0.6) is 0 Å². The Hall–Kier alpha value is -3.40. The fraction of sp³-hybridized carbons (Fsp3) is 0.280. The van der Waals surface area contributed by atoms with Gasteiger partial charge in [-0.05, 0) is 24.6 Å². The molecule has 4 aromatic heterocycles. The van der Waals surface area contributed by atoms with Gasteiger partial charge in [-0.15, -0.1) is 21.5 Å². The molecule has 1 fully saturated rings. The first-order valence-corrected chi connectivity index (χ1v) is 12.3. The number of thiophene rings is 1. The normalized spacial score (nSPS) is 15.7. The van der Waals surface area contributed by atoms with Crippen molar-refractivity contribution in [1.29, 1.82) is 0 Å². The van der Waals surface area contributed by atoms with Crippen molar-refractivity contribution in [2.75, 3.05) is 31.6 Å². The predicted molar refractivity (Wildman–Crippen MR) is 134 cm³/mol. The maximum atomic E-state index is 5.50. The molecule has 172 valence electrons. The van der Waals surface area contributed by atoms with Gasteiger partial charge in [0.15, 0.2) is 11.5 Å². The lowest BCUT2D eigenvalue weighted by Crippen LogP contribution is -2.36. The third-order valence-electron chi connectivity index (χ3n) is 6.11. The number of hydrogen-bond acceptors (Lipinski definition) is 8. The van der Waals surface area contributed by atoms with Crippen molar-refractivity contribution in [3.05, 3.63) is 71.8 Å². The van der Waals surface area contributed by atoms with Crippen LogP contribution in [0.4, 0.5) is 5.82 Å². The van der Waals surface area contributed by atoms with Crippen LogP contribution in [0.1, 0.15) is 24.6 Å². The molecule has 34 heavy (non-hydrogen) atoms. The summed E-state index contributed by atoms with van der Waals surface area (Å²) >= 11 is 1.66. The first kappa shape index (κ1) is 21.2. The summed E-state index contributed by atoms with van der Waals surface area (Å²) in [6.07, 6.45) is 1.99. The molecule has 5 heterocycles. The van der Waals surface area contributed by atoms with Crippen LogP contribution in [0.3, 0.4) is 0 Å². The first-order valence-electron chi connectivity index (χ1n) is 11.5. The third kappa shape index (κ3) is 4.02. The Kier molecular flexibility index (Phi) is 5.66. The van der Waals surface area contributed by atoms with E-state index in [4.69, 9.17) is 14.7 Å². The zero-order chi connectivity index (χ0) is 22.9. The van der Waals surface area contributed by atoms with E-state index < -0.39 is 0 Å². The van der Waals surface area contributed by atoms with Crippen LogP contribution in [-0.4, -0.2) is 55.8 Å². The Bertz CT molecular complexity index is 1430. The number of morpholine rings is 1. The highest BCUT2D eigenvalue weighted by atomic mass is 32.1. The van der Waals surface area contributed by atoms with Crippen LogP contribution in [-0.2, 0) is 11.3 Å². The number of hydrogen-bond donors (Lipinski definition) is 1. The maximum Gasteiger partial charge on any atom is 0.160 e. The molecular formula is C25H25N7OS. The molecule has 1 unspecified atom stereocenters. The van der Waals surface area contributed by atoms with Gasteiger partial charge in [0.1, 0.15) is 16.5 Å². The number of benzene rings is 1. The number of fused-ring (bicyclic) bond motifs is 2. The van der Waals surface area contributed by atoms with Gasteiger partial charge in [0.25, 0.3) is 0 Å². The van der Waals surface area contributed by atoms with Crippen molar-refractivity contribution >= 4 is 33.0 Å². The monoisotopic (exact) mass is 471 g/mol. The molecular weight excluding hydrogens is 446 g/mol. The summed E-state index contributed by atoms with van der Waals surface area (Å²) in [5.74, 6) is 2.48. The number of ether oxygens (including phenoxy) is 1. The number of pyridine rings is 1. The quantitative estimate of drug-likeness (QED) is 0.393. The minimum Gasteiger partial charge on any atom is -0.379 e. The summed E-state index contributed by atoms with van der Waals surface area (Å²) in [5, 5.41) is 15.6. The number of nitrogens with zero attached hydrogens (tertiary/aromatic N) is 6. The van der Waals surface area contributed by atoms with Gasteiger partial charge in [-0.2, -0.15) is 0 Å². The molecule has 0 aliphatic carbocycles. The van der Waals surface area contributed by atoms with Crippen molar-refractivity contribution in [3.8, 4) is 11.1 Å². The summed E-state index contributed by atoms with van der Waals surface area (Å²) in [6, 6.07) is 16.2. The Morgan fingerprint density at radius 3 is 2.71 bits per heavy atom. The van der Waals surface area contributed by atoms with Crippen LogP contribution in [0.15, 0.2) is 60.1 Å². The second-order valence-corrected chi connectivity index (χ2v) is 9.28. The summed E-state index contributed by atoms with van der Waals surface area (Å²) in [7, 11) is 0. The minimum atomic E-state index is -0.102. The van der Waals surface area contributed by atoms with Gasteiger partial charge in [0.2, 0.25) is 0 Å². The van der Waals surface area contributed by atoms with Crippen LogP contribution >= 0.6 is 11.3 Å². The van der Waals surface area contributed by atoms with Gasteiger partial charge in [0, 0.05) is 30.2 Å². The molecule has 1 aliphatic rings. The fourth-order valence-electron chi connectivity index (χ4n) is 4.38. The van der Waals surface area contributed by atoms with Gasteiger partial charge >= 0.3 is 0 Å². The average Bonchev–Trinajstić information content (AvgIpc) is 3.50. The molecule has 0 saturated carbocycles. The molecule has 1 aliphatic heterocycles. The SMILES string of the molecule is CC(Nc1nc(CN2CCOCC2)nc2scc(-c3ccccc3)c12)c1nnc2ccccn12. The topological polar surface area (TPSA) is 80.5 Å². The predicted octanol–water partition coefficient (Wildman–Crippen LogP) is 4.41. The highest BCUT2D eigenvalue weighted by Gasteiger charge is 2.21. The van der Waals surface area contributed by atoms with E-state index in [1.54, 1.807) is 11.3 Å². The summed E-state index contributed by atoms with van der Waals surface area (Å²) in [4.78, 5) is 13.3. The number of rotatable bonds is 6. The van der Waals surface area contributed by atoms with E-state index in [0.717, 1.165) is 70.8 Å². The molecule has 0 amide bonds. The fourth-order valence-corrected chi connectivity index (χ4v) is 5.34. The van der Waals surface area contributed by atoms with Gasteiger partial charge in [0.05, 0.1) is 31.2 Å². The van der Waals surface area contributed by atoms with E-state index >= 15 is 0 Å². The second-order valence-electron chi connectivity index (χ2n) is 8.43. The lowest BCUT2D eigenvalue weighted by molar-refractivity contribution is 0.0331. The van der Waals surface area contributed by atoms with Crippen molar-refractivity contribution in [2.45, 2.75) is 19.5 Å². The summed E-state index contributed by atoms with van der Waals surface area (Å²) in [5.41, 5.74) is 3.12. The summed E-state index contributed by atoms with van der Waals surface area (Å²) < 4.78 is 7.52. The molecule has 0 radical (unpaired) electrons. The van der Waals surface area contributed by atoms with E-state index in [2.05, 4.69) is 57.0 Å². The van der Waals surface area contributed by atoms with E-state index in [-0.39, 0.29) is 6.04 Å². The second kappa shape index (κ2) is 9.09. The van der Waals surface area contributed by atoms with Crippen LogP contribution in [0.25, 0.3) is 27.0 Å². The highest BCUT2D eigenvalue weighted by molar-refractivity contribution is 7.17. The Morgan fingerprint density at radius 1 is 1.03 bits per heavy atom. The molecule has 0 bridgehead atoms. The molecule has 1 N–H and O–H groups in total. The summed E-state index contributed by atoms with van der Waals surface area (Å²) in [6.45, 7) is 6.09. The standard InChI is InChI=1S/C25H25N7OS/c1-17(24-30-29-21-9-5-6-10-32(21)24)26-23-22-19(18-7-3-2-4-8-18)16-34-25(22)28-20(27-23)15-31-11-13-33-14-12-31/h2-10,16-17H,11-15H2,1H3,(H,26,27,28). The molecule has 9 heteroatoms. The van der Waals surface area contributed by atoms with E-state index in [1.807, 2.05) is 34.9 Å². The Morgan fingerprint density at radius 2 is 1.85 bits per heavy atom. The van der Waals surface area contributed by atoms with Crippen LogP contribution < -0.4 is 5.32 Å². The number of aromatic nitrogens is 5. The molecule has 5 aromatic rings. The average molecular weight is 472 g/mol. The van der Waals surface area contributed by atoms with Crippen molar-refractivity contribution in [2.24, 2.45) is 0 Å². The van der Waals surface area contributed by atoms with Crippen molar-refractivity contribution in [1.82, 2.24) is 29.5 Å². The number of nitrogens with one attached hydrogen (secondary N) is 1. The largest absolute Gasteiger partial charge is 0.379 e. The van der Waals surface area contributed by atoms with Crippen LogP contribution in [0.2, 0.25) is 0 Å². The highest BCUT2D eigenvalue weighted by Crippen LogP contribution is 2.38. The lowest BCUT2D eigenvalue weighted by Gasteiger charge is -2.26. The van der Waals surface area contributed by atoms with Crippen molar-refractivity contribution < 1.29 is 4.74 Å². The Balaban J connectivity index is 1.42. The molecule has 6 rings (SSSR count). The molecule has 8 nitrogen and oxygen atoms in total. The molecule has 0 spiro atoms. The molecule has 1 saturated heterocycles. The van der Waals surface area contributed by atoms with Gasteiger partial charge in [-0.25, -0.2) is 9.97 Å². The van der Waals surface area contributed by atoms with E-state index in [0.29, 0.717) is 6.54 Å². The van der Waals surface area contributed by atoms with Crippen molar-refractivity contribution in [3.63, 3.8) is 0 Å². The third-order valence-corrected chi connectivity index (χ3v) is 6.99. The lowest BCUT2D eigenvalue weighted by atomic mass is 10.1. The zero-order valence-electron chi connectivity index (χ0n) is 18.9. The molecule has 1 atom stereocenters. The molecule has 1 aromatic carbocycles. The smallest absolute Gasteiger partial charge is 0.160 e. The van der Waals surface area contributed by atoms with Gasteiger partial charge in [-0.3, -0.25) is 9.30 Å².